The monoisotopic (exact) mass is 384 g/mol. The van der Waals surface area contributed by atoms with Crippen molar-refractivity contribution in [2.24, 2.45) is 11.1 Å². The van der Waals surface area contributed by atoms with Crippen LogP contribution < -0.4 is 5.73 Å². The molecule has 0 saturated carbocycles. The second-order valence-electron chi connectivity index (χ2n) is 7.68. The predicted molar refractivity (Wildman–Crippen MR) is 104 cm³/mol. The number of aromatic hydroxyl groups is 1. The molecule has 0 fully saturated rings. The van der Waals surface area contributed by atoms with Gasteiger partial charge in [-0.05, 0) is 24.6 Å². The van der Waals surface area contributed by atoms with E-state index in [2.05, 4.69) is 0 Å². The summed E-state index contributed by atoms with van der Waals surface area (Å²) in [4.78, 5) is 13.0. The molecule has 26 heavy (non-hydrogen) atoms. The lowest BCUT2D eigenvalue weighted by Crippen LogP contribution is -2.55. The number of ether oxygens (including phenoxy) is 1. The minimum atomic E-state index is -1.17. The van der Waals surface area contributed by atoms with Gasteiger partial charge in [-0.3, -0.25) is 4.65 Å². The number of nitrogens with zero attached hydrogens (tertiary/aromatic N) is 1. The fraction of sp³-hybridized carbons (Fsp3) is 0.526. The van der Waals surface area contributed by atoms with Crippen molar-refractivity contribution in [2.75, 3.05) is 19.7 Å². The first kappa shape index (κ1) is 22.4. The highest BCUT2D eigenvalue weighted by atomic mass is 35.5. The molecule has 2 rings (SSSR count). The Morgan fingerprint density at radius 1 is 1.27 bits per heavy atom. The van der Waals surface area contributed by atoms with Crippen LogP contribution in [-0.4, -0.2) is 35.4 Å². The highest BCUT2D eigenvalue weighted by Crippen LogP contribution is 2.40. The largest absolute Gasteiger partial charge is 0.620 e. The molecule has 1 heterocycles. The minimum Gasteiger partial charge on any atom is -0.620 e. The summed E-state index contributed by atoms with van der Waals surface area (Å²) in [6.45, 7) is 8.19. The normalized spacial score (nSPS) is 19.8. The minimum absolute atomic E-state index is 0. The zero-order valence-corrected chi connectivity index (χ0v) is 16.7. The molecule has 0 saturated heterocycles. The first-order valence-corrected chi connectivity index (χ1v) is 8.68. The van der Waals surface area contributed by atoms with Crippen molar-refractivity contribution < 1.29 is 19.3 Å². The van der Waals surface area contributed by atoms with Gasteiger partial charge in [0, 0.05) is 11.0 Å². The van der Waals surface area contributed by atoms with Gasteiger partial charge >= 0.3 is 5.91 Å². The maximum absolute atomic E-state index is 13.6. The summed E-state index contributed by atoms with van der Waals surface area (Å²) >= 11 is 0. The smallest absolute Gasteiger partial charge is 0.351 e. The van der Waals surface area contributed by atoms with Crippen LogP contribution in [-0.2, 0) is 4.74 Å². The first-order chi connectivity index (χ1) is 11.6. The van der Waals surface area contributed by atoms with Crippen molar-refractivity contribution in [1.29, 1.82) is 0 Å². The number of hydrogen-bond acceptors (Lipinski definition) is 5. The Bertz CT molecular complexity index is 697. The van der Waals surface area contributed by atoms with Gasteiger partial charge in [0.25, 0.3) is 0 Å². The molecule has 0 spiro atoms. The number of nitrogens with two attached hydrogens (primary N) is 1. The summed E-state index contributed by atoms with van der Waals surface area (Å²) in [5.41, 5.74) is 6.45. The molecule has 0 aliphatic carbocycles. The maximum atomic E-state index is 13.6. The number of quaternary nitrogens is 1. The average Bonchev–Trinajstić information content (AvgIpc) is 2.51. The van der Waals surface area contributed by atoms with Gasteiger partial charge in [0.05, 0.1) is 25.3 Å². The molecule has 0 radical (unpaired) electrons. The molecular weight excluding hydrogens is 356 g/mol. The van der Waals surface area contributed by atoms with Crippen LogP contribution in [0.5, 0.6) is 5.75 Å². The van der Waals surface area contributed by atoms with Crippen LogP contribution in [0.2, 0.25) is 0 Å². The van der Waals surface area contributed by atoms with E-state index in [9.17, 15) is 15.1 Å². The van der Waals surface area contributed by atoms with E-state index in [1.165, 1.54) is 12.1 Å². The Balaban J connectivity index is 0.00000338. The van der Waals surface area contributed by atoms with Crippen molar-refractivity contribution in [3.05, 3.63) is 40.2 Å². The van der Waals surface area contributed by atoms with Gasteiger partial charge in [0.15, 0.2) is 11.5 Å². The first-order valence-electron chi connectivity index (χ1n) is 8.68. The molecule has 1 aliphatic heterocycles. The second kappa shape index (κ2) is 8.39. The van der Waals surface area contributed by atoms with E-state index in [4.69, 9.17) is 10.5 Å². The Kier molecular flexibility index (Phi) is 7.24. The van der Waals surface area contributed by atoms with Gasteiger partial charge < -0.3 is 20.8 Å². The van der Waals surface area contributed by atoms with Gasteiger partial charge in [-0.25, -0.2) is 4.79 Å². The van der Waals surface area contributed by atoms with Crippen LogP contribution in [0.3, 0.4) is 0 Å². The van der Waals surface area contributed by atoms with Crippen molar-refractivity contribution >= 4 is 24.1 Å². The standard InChI is InChI=1S/C19H28N2O4.ClH/c1-5-6-9-25-17-14-8-7-13(22)10-15(14)18(23)21(24,16(17)11-20)12-19(2,3)4;/h7-8,10,22H,5-6,9,11-12,20H2,1-4H3;1H. The predicted octanol–water partition coefficient (Wildman–Crippen LogP) is 3.77. The molecule has 146 valence electrons. The fourth-order valence-electron chi connectivity index (χ4n) is 3.10. The number of hydroxylamine groups is 3. The van der Waals surface area contributed by atoms with Gasteiger partial charge in [0.2, 0.25) is 0 Å². The van der Waals surface area contributed by atoms with Crippen LogP contribution in [0.1, 0.15) is 56.5 Å². The third-order valence-corrected chi connectivity index (χ3v) is 4.14. The number of carbonyl (C=O) groups is 1. The Morgan fingerprint density at radius 3 is 2.46 bits per heavy atom. The van der Waals surface area contributed by atoms with Crippen LogP contribution in [0.4, 0.5) is 0 Å². The molecule has 7 heteroatoms. The van der Waals surface area contributed by atoms with Crippen LogP contribution in [0.25, 0.3) is 5.76 Å². The number of carbonyl (C=O) groups excluding carboxylic acids is 1. The van der Waals surface area contributed by atoms with Crippen LogP contribution in [0, 0.1) is 10.6 Å². The van der Waals surface area contributed by atoms with E-state index in [0.717, 1.165) is 12.8 Å². The quantitative estimate of drug-likeness (QED) is 0.442. The lowest BCUT2D eigenvalue weighted by atomic mass is 9.91. The molecule has 1 amide bonds. The fourth-order valence-corrected chi connectivity index (χ4v) is 3.10. The third-order valence-electron chi connectivity index (χ3n) is 4.14. The number of rotatable bonds is 6. The van der Waals surface area contributed by atoms with Crippen molar-refractivity contribution in [3.63, 3.8) is 0 Å². The second-order valence-corrected chi connectivity index (χ2v) is 7.68. The number of benzene rings is 1. The summed E-state index contributed by atoms with van der Waals surface area (Å²) in [5, 5.41) is 23.4. The molecule has 1 atom stereocenters. The highest BCUT2D eigenvalue weighted by Gasteiger charge is 2.45. The summed E-state index contributed by atoms with van der Waals surface area (Å²) in [6, 6.07) is 4.43. The SMILES string of the molecule is CCCCOC1=C(CN)[N+]([O-])(CC(C)(C)C)C(=O)c2cc(O)ccc21.Cl. The van der Waals surface area contributed by atoms with Gasteiger partial charge in [-0.1, -0.05) is 34.1 Å². The molecule has 1 aromatic carbocycles. The Hall–Kier alpha value is -1.60. The highest BCUT2D eigenvalue weighted by molar-refractivity contribution is 5.98. The molecule has 6 nitrogen and oxygen atoms in total. The molecule has 0 bridgehead atoms. The van der Waals surface area contributed by atoms with E-state index in [1.807, 2.05) is 27.7 Å². The Morgan fingerprint density at radius 2 is 1.92 bits per heavy atom. The topological polar surface area (TPSA) is 95.6 Å². The van der Waals surface area contributed by atoms with Crippen molar-refractivity contribution in [1.82, 2.24) is 0 Å². The number of unbranched alkanes of at least 4 members (excludes halogenated alkanes) is 1. The van der Waals surface area contributed by atoms with Crippen LogP contribution >= 0.6 is 12.4 Å². The van der Waals surface area contributed by atoms with Crippen molar-refractivity contribution in [3.8, 4) is 5.75 Å². The molecular formula is C19H29ClN2O4. The zero-order valence-electron chi connectivity index (χ0n) is 15.9. The third kappa shape index (κ3) is 4.38. The van der Waals surface area contributed by atoms with E-state index in [-0.39, 0.29) is 47.9 Å². The molecule has 1 aliphatic rings. The van der Waals surface area contributed by atoms with E-state index in [1.54, 1.807) is 6.07 Å². The molecule has 1 aromatic rings. The molecule has 3 N–H and O–H groups in total. The number of hydrogen-bond donors (Lipinski definition) is 2. The summed E-state index contributed by atoms with van der Waals surface area (Å²) in [5.74, 6) is -0.285. The van der Waals surface area contributed by atoms with E-state index >= 15 is 0 Å². The van der Waals surface area contributed by atoms with Crippen LogP contribution in [0.15, 0.2) is 23.9 Å². The number of fused-ring (bicyclic) bond motifs is 1. The number of phenolic OH excluding ortho intramolecular Hbond substituents is 1. The number of halogens is 1. The average molecular weight is 385 g/mol. The van der Waals surface area contributed by atoms with Gasteiger partial charge in [0.1, 0.15) is 5.75 Å². The van der Waals surface area contributed by atoms with E-state index in [0.29, 0.717) is 17.9 Å². The number of amides is 1. The molecule has 1 unspecified atom stereocenters. The molecule has 0 aromatic heterocycles. The van der Waals surface area contributed by atoms with Gasteiger partial charge in [-0.2, -0.15) is 0 Å². The summed E-state index contributed by atoms with van der Waals surface area (Å²) in [6.07, 6.45) is 1.78. The van der Waals surface area contributed by atoms with Crippen molar-refractivity contribution in [2.45, 2.75) is 40.5 Å². The lowest BCUT2D eigenvalue weighted by molar-refractivity contribution is -0.766. The van der Waals surface area contributed by atoms with E-state index < -0.39 is 10.6 Å². The summed E-state index contributed by atoms with van der Waals surface area (Å²) in [7, 11) is 0. The number of phenols is 1. The lowest BCUT2D eigenvalue weighted by Gasteiger charge is -2.46. The zero-order chi connectivity index (χ0) is 18.8. The van der Waals surface area contributed by atoms with Gasteiger partial charge in [-0.15, -0.1) is 12.4 Å². The summed E-state index contributed by atoms with van der Waals surface area (Å²) < 4.78 is 4.73. The Labute approximate surface area is 161 Å². The maximum Gasteiger partial charge on any atom is 0.351 e.